The van der Waals surface area contributed by atoms with Gasteiger partial charge in [-0.1, -0.05) is 6.07 Å². The Kier molecular flexibility index (Phi) is 6.29. The second-order valence-corrected chi connectivity index (χ2v) is 3.92. The van der Waals surface area contributed by atoms with Crippen LogP contribution in [0.2, 0.25) is 0 Å². The predicted octanol–water partition coefficient (Wildman–Crippen LogP) is 1.14. The zero-order valence-electron chi connectivity index (χ0n) is 10.4. The van der Waals surface area contributed by atoms with Crippen LogP contribution in [-0.2, 0) is 11.3 Å². The summed E-state index contributed by atoms with van der Waals surface area (Å²) in [5.74, 6) is -0.508. The predicted molar refractivity (Wildman–Crippen MR) is 65.4 cm³/mol. The van der Waals surface area contributed by atoms with E-state index in [1.165, 1.54) is 12.1 Å². The average Bonchev–Trinajstić information content (AvgIpc) is 2.38. The lowest BCUT2D eigenvalue weighted by Crippen LogP contribution is -2.29. The van der Waals surface area contributed by atoms with Gasteiger partial charge in [0, 0.05) is 26.7 Å². The van der Waals surface area contributed by atoms with Crippen LogP contribution in [0, 0.1) is 17.1 Å². The van der Waals surface area contributed by atoms with Crippen LogP contribution in [0.15, 0.2) is 18.2 Å². The van der Waals surface area contributed by atoms with Crippen molar-refractivity contribution >= 4 is 0 Å². The summed E-state index contributed by atoms with van der Waals surface area (Å²) >= 11 is 0. The van der Waals surface area contributed by atoms with Crippen LogP contribution in [-0.4, -0.2) is 43.4 Å². The van der Waals surface area contributed by atoms with Gasteiger partial charge in [-0.15, -0.1) is 0 Å². The van der Waals surface area contributed by atoms with Gasteiger partial charge in [0.15, 0.2) is 0 Å². The zero-order valence-corrected chi connectivity index (χ0v) is 10.4. The van der Waals surface area contributed by atoms with E-state index >= 15 is 0 Å². The van der Waals surface area contributed by atoms with E-state index in [1.807, 2.05) is 11.0 Å². The maximum Gasteiger partial charge on any atom is 0.140 e. The Bertz CT molecular complexity index is 418. The van der Waals surface area contributed by atoms with Gasteiger partial charge in [0.1, 0.15) is 11.9 Å². The molecule has 0 aromatic heterocycles. The first-order valence-electron chi connectivity index (χ1n) is 5.72. The second-order valence-electron chi connectivity index (χ2n) is 3.92. The minimum Gasteiger partial charge on any atom is -0.395 e. The Morgan fingerprint density at radius 3 is 2.83 bits per heavy atom. The Hall–Kier alpha value is -1.48. The lowest BCUT2D eigenvalue weighted by Gasteiger charge is -2.21. The summed E-state index contributed by atoms with van der Waals surface area (Å²) in [6, 6.07) is 6.29. The summed E-state index contributed by atoms with van der Waals surface area (Å²) in [6.45, 7) is 2.36. The first kappa shape index (κ1) is 14.6. The van der Waals surface area contributed by atoms with Crippen molar-refractivity contribution in [3.63, 3.8) is 0 Å². The highest BCUT2D eigenvalue weighted by molar-refractivity contribution is 5.34. The average molecular weight is 252 g/mol. The van der Waals surface area contributed by atoms with Gasteiger partial charge in [0.2, 0.25) is 0 Å². The number of aliphatic hydroxyl groups is 1. The van der Waals surface area contributed by atoms with Crippen LogP contribution < -0.4 is 0 Å². The van der Waals surface area contributed by atoms with Crippen molar-refractivity contribution in [1.29, 1.82) is 5.26 Å². The summed E-state index contributed by atoms with van der Waals surface area (Å²) in [7, 11) is 1.61. The number of rotatable bonds is 7. The first-order chi connectivity index (χ1) is 8.71. The maximum absolute atomic E-state index is 13.2. The zero-order chi connectivity index (χ0) is 13.4. The molecule has 0 spiro atoms. The van der Waals surface area contributed by atoms with Crippen molar-refractivity contribution in [3.8, 4) is 6.07 Å². The fourth-order valence-electron chi connectivity index (χ4n) is 1.65. The molecule has 0 saturated carbocycles. The summed E-state index contributed by atoms with van der Waals surface area (Å²) < 4.78 is 18.1. The van der Waals surface area contributed by atoms with Gasteiger partial charge in [0.25, 0.3) is 0 Å². The standard InChI is InChI=1S/C13H17FN2O2/c1-18-7-5-16(4-6-17)10-11-2-3-13(14)12(8-11)9-15/h2-3,8,17H,4-7,10H2,1H3. The number of aliphatic hydroxyl groups excluding tert-OH is 1. The molecule has 98 valence electrons. The highest BCUT2D eigenvalue weighted by Crippen LogP contribution is 2.11. The summed E-state index contributed by atoms with van der Waals surface area (Å²) in [6.07, 6.45) is 0. The number of hydrogen-bond donors (Lipinski definition) is 1. The molecule has 1 aromatic carbocycles. The maximum atomic E-state index is 13.2. The molecule has 0 radical (unpaired) electrons. The van der Waals surface area contributed by atoms with Gasteiger partial charge in [0.05, 0.1) is 18.8 Å². The molecule has 1 N–H and O–H groups in total. The number of ether oxygens (including phenoxy) is 1. The molecule has 0 bridgehead atoms. The molecule has 0 atom stereocenters. The molecule has 5 heteroatoms. The van der Waals surface area contributed by atoms with Crippen LogP contribution >= 0.6 is 0 Å². The van der Waals surface area contributed by atoms with Crippen molar-refractivity contribution < 1.29 is 14.2 Å². The fraction of sp³-hybridized carbons (Fsp3) is 0.462. The Labute approximate surface area is 106 Å². The Morgan fingerprint density at radius 2 is 2.22 bits per heavy atom. The largest absolute Gasteiger partial charge is 0.395 e. The Balaban J connectivity index is 2.71. The number of nitrogens with zero attached hydrogens (tertiary/aromatic N) is 2. The highest BCUT2D eigenvalue weighted by Gasteiger charge is 2.08. The topological polar surface area (TPSA) is 56.5 Å². The van der Waals surface area contributed by atoms with Crippen molar-refractivity contribution in [2.75, 3.05) is 33.4 Å². The van der Waals surface area contributed by atoms with Crippen LogP contribution in [0.4, 0.5) is 4.39 Å². The molecule has 0 fully saturated rings. The van der Waals surface area contributed by atoms with E-state index in [-0.39, 0.29) is 12.2 Å². The lowest BCUT2D eigenvalue weighted by atomic mass is 10.1. The van der Waals surface area contributed by atoms with Crippen LogP contribution in [0.25, 0.3) is 0 Å². The summed E-state index contributed by atoms with van der Waals surface area (Å²) in [5, 5.41) is 17.7. The van der Waals surface area contributed by atoms with Crippen LogP contribution in [0.3, 0.4) is 0 Å². The molecular formula is C13H17FN2O2. The number of benzene rings is 1. The van der Waals surface area contributed by atoms with Crippen molar-refractivity contribution in [3.05, 3.63) is 35.1 Å². The SMILES string of the molecule is COCCN(CCO)Cc1ccc(F)c(C#N)c1. The number of nitriles is 1. The van der Waals surface area contributed by atoms with E-state index in [9.17, 15) is 4.39 Å². The molecule has 0 aliphatic heterocycles. The second kappa shape index (κ2) is 7.77. The van der Waals surface area contributed by atoms with Crippen molar-refractivity contribution in [2.24, 2.45) is 0 Å². The number of halogens is 1. The third kappa shape index (κ3) is 4.41. The molecule has 18 heavy (non-hydrogen) atoms. The first-order valence-corrected chi connectivity index (χ1v) is 5.72. The van der Waals surface area contributed by atoms with E-state index < -0.39 is 5.82 Å². The third-order valence-electron chi connectivity index (χ3n) is 2.59. The van der Waals surface area contributed by atoms with Crippen molar-refractivity contribution in [1.82, 2.24) is 4.90 Å². The molecule has 0 amide bonds. The number of hydrogen-bond acceptors (Lipinski definition) is 4. The van der Waals surface area contributed by atoms with E-state index in [0.29, 0.717) is 26.2 Å². The summed E-state index contributed by atoms with van der Waals surface area (Å²) in [4.78, 5) is 1.98. The number of methoxy groups -OCH3 is 1. The molecule has 0 aliphatic rings. The minimum atomic E-state index is -0.508. The Morgan fingerprint density at radius 1 is 1.44 bits per heavy atom. The van der Waals surface area contributed by atoms with Crippen molar-refractivity contribution in [2.45, 2.75) is 6.54 Å². The normalized spacial score (nSPS) is 10.6. The molecule has 1 rings (SSSR count). The molecule has 0 aliphatic carbocycles. The molecule has 0 saturated heterocycles. The minimum absolute atomic E-state index is 0.0446. The smallest absolute Gasteiger partial charge is 0.140 e. The molecular weight excluding hydrogens is 235 g/mol. The molecule has 1 aromatic rings. The van der Waals surface area contributed by atoms with E-state index in [2.05, 4.69) is 0 Å². The highest BCUT2D eigenvalue weighted by atomic mass is 19.1. The molecule has 0 heterocycles. The molecule has 0 unspecified atom stereocenters. The van der Waals surface area contributed by atoms with Gasteiger partial charge in [-0.2, -0.15) is 5.26 Å². The van der Waals surface area contributed by atoms with Crippen LogP contribution in [0.5, 0.6) is 0 Å². The fourth-order valence-corrected chi connectivity index (χ4v) is 1.65. The van der Waals surface area contributed by atoms with Gasteiger partial charge in [-0.25, -0.2) is 4.39 Å². The van der Waals surface area contributed by atoms with E-state index in [0.717, 1.165) is 5.56 Å². The van der Waals surface area contributed by atoms with Gasteiger partial charge in [-0.05, 0) is 17.7 Å². The van der Waals surface area contributed by atoms with Gasteiger partial charge >= 0.3 is 0 Å². The van der Waals surface area contributed by atoms with Crippen LogP contribution in [0.1, 0.15) is 11.1 Å². The van der Waals surface area contributed by atoms with Gasteiger partial charge in [-0.3, -0.25) is 4.90 Å². The quantitative estimate of drug-likeness (QED) is 0.790. The van der Waals surface area contributed by atoms with E-state index in [4.69, 9.17) is 15.1 Å². The molecule has 4 nitrogen and oxygen atoms in total. The monoisotopic (exact) mass is 252 g/mol. The lowest BCUT2D eigenvalue weighted by molar-refractivity contribution is 0.127. The third-order valence-corrected chi connectivity index (χ3v) is 2.59. The van der Waals surface area contributed by atoms with E-state index in [1.54, 1.807) is 13.2 Å². The summed E-state index contributed by atoms with van der Waals surface area (Å²) in [5.41, 5.74) is 0.890. The van der Waals surface area contributed by atoms with Gasteiger partial charge < -0.3 is 9.84 Å².